The Labute approximate surface area is 71.3 Å². The van der Waals surface area contributed by atoms with E-state index in [2.05, 4.69) is 0 Å². The summed E-state index contributed by atoms with van der Waals surface area (Å²) >= 11 is 0. The number of ketones is 1. The normalized spacial score (nSPS) is 10.1. The van der Waals surface area contributed by atoms with Crippen molar-refractivity contribution in [1.29, 1.82) is 0 Å². The summed E-state index contributed by atoms with van der Waals surface area (Å²) in [6, 6.07) is 1.66. The van der Waals surface area contributed by atoms with Crippen LogP contribution in [0.3, 0.4) is 0 Å². The molecule has 12 heavy (non-hydrogen) atoms. The van der Waals surface area contributed by atoms with Gasteiger partial charge in [-0.15, -0.1) is 0 Å². The molecule has 0 aromatic carbocycles. The van der Waals surface area contributed by atoms with Crippen molar-refractivity contribution in [2.75, 3.05) is 13.2 Å². The van der Waals surface area contributed by atoms with Crippen LogP contribution in [0, 0.1) is 0 Å². The number of hydrogen-bond donors (Lipinski definition) is 0. The van der Waals surface area contributed by atoms with Crippen LogP contribution in [0.5, 0.6) is 0 Å². The van der Waals surface area contributed by atoms with Gasteiger partial charge in [-0.3, -0.25) is 4.79 Å². The molecule has 0 N–H and O–H groups in total. The Kier molecular flexibility index (Phi) is 3.54. The van der Waals surface area contributed by atoms with Crippen molar-refractivity contribution < 1.29 is 13.9 Å². The van der Waals surface area contributed by atoms with Crippen molar-refractivity contribution in [3.8, 4) is 0 Å². The minimum atomic E-state index is 0.0669. The molecule has 0 aliphatic carbocycles. The summed E-state index contributed by atoms with van der Waals surface area (Å²) in [6.45, 7) is 3.04. The lowest BCUT2D eigenvalue weighted by molar-refractivity contribution is 0.0895. The lowest BCUT2D eigenvalue weighted by Crippen LogP contribution is -2.03. The molecule has 1 aromatic rings. The largest absolute Gasteiger partial charge is 0.472 e. The van der Waals surface area contributed by atoms with Crippen LogP contribution in [0.1, 0.15) is 23.7 Å². The van der Waals surface area contributed by atoms with E-state index in [1.807, 2.05) is 6.92 Å². The molecule has 0 fully saturated rings. The van der Waals surface area contributed by atoms with Gasteiger partial charge < -0.3 is 9.15 Å². The Balaban J connectivity index is 2.30. The van der Waals surface area contributed by atoms with E-state index in [-0.39, 0.29) is 5.78 Å². The lowest BCUT2D eigenvalue weighted by Gasteiger charge is -1.97. The van der Waals surface area contributed by atoms with E-state index < -0.39 is 0 Å². The zero-order valence-electron chi connectivity index (χ0n) is 7.08. The molecule has 0 bridgehead atoms. The second-order valence-electron chi connectivity index (χ2n) is 2.38. The van der Waals surface area contributed by atoms with Crippen molar-refractivity contribution in [3.63, 3.8) is 0 Å². The van der Waals surface area contributed by atoms with Gasteiger partial charge in [0.1, 0.15) is 6.26 Å². The smallest absolute Gasteiger partial charge is 0.168 e. The highest BCUT2D eigenvalue weighted by atomic mass is 16.5. The van der Waals surface area contributed by atoms with Gasteiger partial charge in [0.05, 0.1) is 18.4 Å². The van der Waals surface area contributed by atoms with Crippen LogP contribution in [0.4, 0.5) is 0 Å². The fraction of sp³-hybridized carbons (Fsp3) is 0.444. The summed E-state index contributed by atoms with van der Waals surface area (Å²) in [6.07, 6.45) is 3.37. The first-order chi connectivity index (χ1) is 5.84. The summed E-state index contributed by atoms with van der Waals surface area (Å²) in [5.41, 5.74) is 0.620. The summed E-state index contributed by atoms with van der Waals surface area (Å²) in [5.74, 6) is 0.0669. The van der Waals surface area contributed by atoms with Gasteiger partial charge in [0, 0.05) is 13.0 Å². The zero-order valence-corrected chi connectivity index (χ0v) is 7.08. The topological polar surface area (TPSA) is 39.4 Å². The maximum atomic E-state index is 11.2. The van der Waals surface area contributed by atoms with Crippen molar-refractivity contribution in [2.45, 2.75) is 13.3 Å². The van der Waals surface area contributed by atoms with Gasteiger partial charge in [0.25, 0.3) is 0 Å². The van der Waals surface area contributed by atoms with Gasteiger partial charge in [0.2, 0.25) is 0 Å². The molecule has 0 atom stereocenters. The van der Waals surface area contributed by atoms with Gasteiger partial charge in [-0.2, -0.15) is 0 Å². The van der Waals surface area contributed by atoms with Crippen LogP contribution < -0.4 is 0 Å². The molecule has 0 aliphatic heterocycles. The van der Waals surface area contributed by atoms with Crippen LogP contribution in [0.25, 0.3) is 0 Å². The maximum Gasteiger partial charge on any atom is 0.168 e. The molecule has 0 radical (unpaired) electrons. The van der Waals surface area contributed by atoms with E-state index >= 15 is 0 Å². The second kappa shape index (κ2) is 4.72. The standard InChI is InChI=1S/C9H12O3/c1-2-11-6-4-9(10)8-3-5-12-7-8/h3,5,7H,2,4,6H2,1H3. The van der Waals surface area contributed by atoms with Gasteiger partial charge in [-0.05, 0) is 13.0 Å². The van der Waals surface area contributed by atoms with E-state index in [9.17, 15) is 4.79 Å². The second-order valence-corrected chi connectivity index (χ2v) is 2.38. The van der Waals surface area contributed by atoms with Gasteiger partial charge in [-0.25, -0.2) is 0 Å². The zero-order chi connectivity index (χ0) is 8.81. The van der Waals surface area contributed by atoms with Gasteiger partial charge >= 0.3 is 0 Å². The van der Waals surface area contributed by atoms with Gasteiger partial charge in [-0.1, -0.05) is 0 Å². The Morgan fingerprint density at radius 1 is 1.67 bits per heavy atom. The third-order valence-electron chi connectivity index (χ3n) is 1.52. The maximum absolute atomic E-state index is 11.2. The molecule has 66 valence electrons. The third kappa shape index (κ3) is 2.51. The van der Waals surface area contributed by atoms with Gasteiger partial charge in [0.15, 0.2) is 5.78 Å². The first-order valence-corrected chi connectivity index (χ1v) is 3.97. The highest BCUT2D eigenvalue weighted by molar-refractivity contribution is 5.95. The number of ether oxygens (including phenoxy) is 1. The quantitative estimate of drug-likeness (QED) is 0.498. The Morgan fingerprint density at radius 2 is 2.50 bits per heavy atom. The van der Waals surface area contributed by atoms with E-state index in [1.54, 1.807) is 6.07 Å². The first kappa shape index (κ1) is 9.00. The van der Waals surface area contributed by atoms with Crippen molar-refractivity contribution in [1.82, 2.24) is 0 Å². The van der Waals surface area contributed by atoms with Crippen LogP contribution >= 0.6 is 0 Å². The van der Waals surface area contributed by atoms with Crippen LogP contribution in [-0.2, 0) is 4.74 Å². The predicted octanol–water partition coefficient (Wildman–Crippen LogP) is 1.89. The van der Waals surface area contributed by atoms with E-state index in [0.717, 1.165) is 0 Å². The number of carbonyl (C=O) groups is 1. The van der Waals surface area contributed by atoms with E-state index in [0.29, 0.717) is 25.2 Å². The van der Waals surface area contributed by atoms with Crippen LogP contribution in [-0.4, -0.2) is 19.0 Å². The van der Waals surface area contributed by atoms with Crippen LogP contribution in [0.15, 0.2) is 23.0 Å². The van der Waals surface area contributed by atoms with Crippen molar-refractivity contribution in [3.05, 3.63) is 24.2 Å². The fourth-order valence-corrected chi connectivity index (χ4v) is 0.877. The molecule has 0 aliphatic rings. The summed E-state index contributed by atoms with van der Waals surface area (Å²) in [4.78, 5) is 11.2. The molecule has 0 spiro atoms. The molecular weight excluding hydrogens is 156 g/mol. The summed E-state index contributed by atoms with van der Waals surface area (Å²) in [5, 5.41) is 0. The molecular formula is C9H12O3. The van der Waals surface area contributed by atoms with E-state index in [1.165, 1.54) is 12.5 Å². The first-order valence-electron chi connectivity index (χ1n) is 3.97. The third-order valence-corrected chi connectivity index (χ3v) is 1.52. The molecule has 0 amide bonds. The summed E-state index contributed by atoms with van der Waals surface area (Å²) < 4.78 is 9.83. The molecule has 1 rings (SSSR count). The molecule has 1 heterocycles. The van der Waals surface area contributed by atoms with Crippen molar-refractivity contribution in [2.24, 2.45) is 0 Å². The monoisotopic (exact) mass is 168 g/mol. The number of carbonyl (C=O) groups excluding carboxylic acids is 1. The lowest BCUT2D eigenvalue weighted by atomic mass is 10.2. The number of rotatable bonds is 5. The van der Waals surface area contributed by atoms with Crippen LogP contribution in [0.2, 0.25) is 0 Å². The SMILES string of the molecule is CCOCCC(=O)c1ccoc1. The minimum absolute atomic E-state index is 0.0669. The average molecular weight is 168 g/mol. The molecule has 0 saturated carbocycles. The Morgan fingerprint density at radius 3 is 3.08 bits per heavy atom. The fourth-order valence-electron chi connectivity index (χ4n) is 0.877. The molecule has 3 nitrogen and oxygen atoms in total. The molecule has 1 aromatic heterocycles. The molecule has 3 heteroatoms. The number of furan rings is 1. The summed E-state index contributed by atoms with van der Waals surface area (Å²) in [7, 11) is 0. The Hall–Kier alpha value is -1.09. The molecule has 0 unspecified atom stereocenters. The number of hydrogen-bond acceptors (Lipinski definition) is 3. The Bertz CT molecular complexity index is 226. The van der Waals surface area contributed by atoms with Crippen molar-refractivity contribution >= 4 is 5.78 Å². The van der Waals surface area contributed by atoms with E-state index in [4.69, 9.17) is 9.15 Å². The highest BCUT2D eigenvalue weighted by Gasteiger charge is 2.05. The predicted molar refractivity (Wildman–Crippen MR) is 44.1 cm³/mol. The average Bonchev–Trinajstić information content (AvgIpc) is 2.56. The molecule has 0 saturated heterocycles. The highest BCUT2D eigenvalue weighted by Crippen LogP contribution is 2.03. The minimum Gasteiger partial charge on any atom is -0.472 e. The number of Topliss-reactive ketones (excluding diaryl/α,β-unsaturated/α-hetero) is 1.